The van der Waals surface area contributed by atoms with Gasteiger partial charge in [-0.3, -0.25) is 4.98 Å². The van der Waals surface area contributed by atoms with Crippen molar-refractivity contribution in [3.63, 3.8) is 0 Å². The number of nitriles is 1. The molecule has 0 saturated heterocycles. The van der Waals surface area contributed by atoms with Crippen LogP contribution in [0.1, 0.15) is 5.56 Å². The molecule has 1 aromatic heterocycles. The van der Waals surface area contributed by atoms with E-state index in [0.717, 1.165) is 11.6 Å². The Morgan fingerprint density at radius 2 is 1.96 bits per heavy atom. The lowest BCUT2D eigenvalue weighted by molar-refractivity contribution is 0.277. The van der Waals surface area contributed by atoms with E-state index in [9.17, 15) is 12.8 Å². The third kappa shape index (κ3) is 3.17. The number of nitrogens with zero attached hydrogens (tertiary/aromatic N) is 2. The molecule has 2 heterocycles. The zero-order valence-corrected chi connectivity index (χ0v) is 15.3. The van der Waals surface area contributed by atoms with Crippen molar-refractivity contribution in [2.45, 2.75) is 10.3 Å². The molecular weight excluding hydrogens is 381 g/mol. The van der Waals surface area contributed by atoms with Crippen molar-refractivity contribution in [3.8, 4) is 22.9 Å². The third-order valence-corrected chi connectivity index (χ3v) is 6.27. The molecule has 0 aliphatic carbocycles. The van der Waals surface area contributed by atoms with Crippen molar-refractivity contribution in [1.82, 2.24) is 4.98 Å². The standard InChI is InChI=1S/C20H14FN3O3S/c21-15-2-1-3-16(8-15)28(25,26)19-12-24-18-11-23-10-17(20(18)27-19)14-6-4-13(9-22)5-7-14/h1-8,10-11,19,24H,12H2. The molecule has 1 atom stereocenters. The topological polar surface area (TPSA) is 92.1 Å². The van der Waals surface area contributed by atoms with Crippen molar-refractivity contribution in [1.29, 1.82) is 5.26 Å². The number of nitrogens with one attached hydrogen (secondary N) is 1. The smallest absolute Gasteiger partial charge is 0.220 e. The molecule has 1 aliphatic heterocycles. The quantitative estimate of drug-likeness (QED) is 0.731. The van der Waals surface area contributed by atoms with Gasteiger partial charge in [0, 0.05) is 11.8 Å². The monoisotopic (exact) mass is 395 g/mol. The maximum Gasteiger partial charge on any atom is 0.220 e. The van der Waals surface area contributed by atoms with Crippen molar-refractivity contribution >= 4 is 15.5 Å². The van der Waals surface area contributed by atoms with Crippen molar-refractivity contribution in [2.24, 2.45) is 0 Å². The summed E-state index contributed by atoms with van der Waals surface area (Å²) in [7, 11) is -3.93. The molecule has 1 unspecified atom stereocenters. The van der Waals surface area contributed by atoms with E-state index < -0.39 is 21.1 Å². The minimum atomic E-state index is -3.93. The van der Waals surface area contributed by atoms with E-state index in [1.807, 2.05) is 6.07 Å². The Bertz CT molecular complexity index is 1190. The summed E-state index contributed by atoms with van der Waals surface area (Å²) >= 11 is 0. The van der Waals surface area contributed by atoms with Crippen LogP contribution in [0.2, 0.25) is 0 Å². The predicted molar refractivity (Wildman–Crippen MR) is 101 cm³/mol. The summed E-state index contributed by atoms with van der Waals surface area (Å²) in [5, 5.41) is 12.0. The summed E-state index contributed by atoms with van der Waals surface area (Å²) in [5.41, 5.74) is 1.17. The van der Waals surface area contributed by atoms with E-state index in [1.54, 1.807) is 36.7 Å². The van der Waals surface area contributed by atoms with E-state index in [4.69, 9.17) is 10.00 Å². The van der Waals surface area contributed by atoms with Crippen molar-refractivity contribution < 1.29 is 17.5 Å². The Kier molecular flexibility index (Phi) is 4.45. The van der Waals surface area contributed by atoms with Crippen LogP contribution in [0.15, 0.2) is 65.8 Å². The van der Waals surface area contributed by atoms with Crippen LogP contribution in [-0.4, -0.2) is 25.4 Å². The predicted octanol–water partition coefficient (Wildman–Crippen LogP) is 3.36. The molecule has 0 amide bonds. The van der Waals surface area contributed by atoms with Crippen LogP contribution in [0.5, 0.6) is 5.75 Å². The minimum absolute atomic E-state index is 0.00432. The fraction of sp³-hybridized carbons (Fsp3) is 0.100. The van der Waals surface area contributed by atoms with E-state index in [0.29, 0.717) is 22.6 Å². The summed E-state index contributed by atoms with van der Waals surface area (Å²) in [5.74, 6) is -0.288. The van der Waals surface area contributed by atoms with E-state index in [1.165, 1.54) is 18.2 Å². The number of halogens is 1. The molecule has 1 N–H and O–H groups in total. The molecule has 2 aromatic carbocycles. The van der Waals surface area contributed by atoms with Gasteiger partial charge in [0.2, 0.25) is 15.3 Å². The number of hydrogen-bond acceptors (Lipinski definition) is 6. The van der Waals surface area contributed by atoms with Gasteiger partial charge in [0.15, 0.2) is 5.75 Å². The number of hydrogen-bond donors (Lipinski definition) is 1. The summed E-state index contributed by atoms with van der Waals surface area (Å²) < 4.78 is 45.1. The lowest BCUT2D eigenvalue weighted by Gasteiger charge is -2.28. The maximum atomic E-state index is 13.5. The fourth-order valence-corrected chi connectivity index (χ4v) is 4.34. The van der Waals surface area contributed by atoms with Gasteiger partial charge in [0.05, 0.1) is 35.0 Å². The highest BCUT2D eigenvalue weighted by molar-refractivity contribution is 7.92. The van der Waals surface area contributed by atoms with Gasteiger partial charge in [-0.1, -0.05) is 18.2 Å². The number of sulfone groups is 1. The molecule has 8 heteroatoms. The first-order valence-electron chi connectivity index (χ1n) is 8.37. The molecule has 0 radical (unpaired) electrons. The van der Waals surface area contributed by atoms with Crippen LogP contribution in [0.25, 0.3) is 11.1 Å². The Labute approximate surface area is 161 Å². The number of anilines is 1. The molecule has 0 spiro atoms. The Hall–Kier alpha value is -3.44. The molecule has 6 nitrogen and oxygen atoms in total. The number of pyridine rings is 1. The molecule has 4 rings (SSSR count). The number of rotatable bonds is 3. The molecule has 3 aromatic rings. The first kappa shape index (κ1) is 17.9. The van der Waals surface area contributed by atoms with E-state index in [2.05, 4.69) is 10.3 Å². The van der Waals surface area contributed by atoms with Crippen LogP contribution >= 0.6 is 0 Å². The van der Waals surface area contributed by atoms with Gasteiger partial charge in [0.1, 0.15) is 5.82 Å². The number of fused-ring (bicyclic) bond motifs is 1. The lowest BCUT2D eigenvalue weighted by atomic mass is 10.0. The second-order valence-electron chi connectivity index (χ2n) is 6.18. The lowest BCUT2D eigenvalue weighted by Crippen LogP contribution is -2.38. The second-order valence-corrected chi connectivity index (χ2v) is 8.27. The Morgan fingerprint density at radius 3 is 2.68 bits per heavy atom. The van der Waals surface area contributed by atoms with Crippen molar-refractivity contribution in [3.05, 3.63) is 72.3 Å². The Balaban J connectivity index is 1.73. The second kappa shape index (κ2) is 6.94. The first-order chi connectivity index (χ1) is 13.5. The highest BCUT2D eigenvalue weighted by Gasteiger charge is 2.34. The van der Waals surface area contributed by atoms with Gasteiger partial charge in [-0.15, -0.1) is 0 Å². The molecule has 0 fully saturated rings. The molecular formula is C20H14FN3O3S. The van der Waals surface area contributed by atoms with Gasteiger partial charge in [0.25, 0.3) is 0 Å². The highest BCUT2D eigenvalue weighted by Crippen LogP contribution is 2.39. The molecule has 0 bridgehead atoms. The number of ether oxygens (including phenoxy) is 1. The Morgan fingerprint density at radius 1 is 1.18 bits per heavy atom. The zero-order valence-electron chi connectivity index (χ0n) is 14.5. The fourth-order valence-electron chi connectivity index (χ4n) is 2.97. The van der Waals surface area contributed by atoms with Crippen LogP contribution < -0.4 is 10.1 Å². The maximum absolute atomic E-state index is 13.5. The minimum Gasteiger partial charge on any atom is -0.469 e. The largest absolute Gasteiger partial charge is 0.469 e. The summed E-state index contributed by atoms with van der Waals surface area (Å²) in [6.45, 7) is 0.00432. The number of benzene rings is 2. The average Bonchev–Trinajstić information content (AvgIpc) is 2.73. The summed E-state index contributed by atoms with van der Waals surface area (Å²) in [4.78, 5) is 4.03. The zero-order chi connectivity index (χ0) is 19.7. The van der Waals surface area contributed by atoms with Crippen LogP contribution in [0.3, 0.4) is 0 Å². The molecule has 0 saturated carbocycles. The first-order valence-corrected chi connectivity index (χ1v) is 9.92. The van der Waals surface area contributed by atoms with Gasteiger partial charge in [-0.25, -0.2) is 12.8 Å². The van der Waals surface area contributed by atoms with Crippen LogP contribution in [-0.2, 0) is 9.84 Å². The van der Waals surface area contributed by atoms with Gasteiger partial charge < -0.3 is 10.1 Å². The summed E-state index contributed by atoms with van der Waals surface area (Å²) in [6, 6.07) is 13.7. The molecule has 1 aliphatic rings. The van der Waals surface area contributed by atoms with Crippen LogP contribution in [0, 0.1) is 17.1 Å². The normalized spacial score (nSPS) is 15.6. The van der Waals surface area contributed by atoms with Crippen molar-refractivity contribution in [2.75, 3.05) is 11.9 Å². The third-order valence-electron chi connectivity index (χ3n) is 4.40. The number of aromatic nitrogens is 1. The molecule has 28 heavy (non-hydrogen) atoms. The summed E-state index contributed by atoms with van der Waals surface area (Å²) in [6.07, 6.45) is 3.12. The van der Waals surface area contributed by atoms with Gasteiger partial charge in [-0.2, -0.15) is 5.26 Å². The van der Waals surface area contributed by atoms with Gasteiger partial charge >= 0.3 is 0 Å². The molecule has 140 valence electrons. The van der Waals surface area contributed by atoms with Crippen LogP contribution in [0.4, 0.5) is 10.1 Å². The average molecular weight is 395 g/mol. The van der Waals surface area contributed by atoms with E-state index >= 15 is 0 Å². The van der Waals surface area contributed by atoms with Gasteiger partial charge in [-0.05, 0) is 35.9 Å². The highest BCUT2D eigenvalue weighted by atomic mass is 32.2. The van der Waals surface area contributed by atoms with E-state index in [-0.39, 0.29) is 11.4 Å². The SMILES string of the molecule is N#Cc1ccc(-c2cncc3c2OC(S(=O)(=O)c2cccc(F)c2)CN3)cc1.